The average Bonchev–Trinajstić information content (AvgIpc) is 2.74. The van der Waals surface area contributed by atoms with E-state index < -0.39 is 11.8 Å². The van der Waals surface area contributed by atoms with Crippen LogP contribution in [0, 0.1) is 0 Å². The number of thiocarbonyl (C=S) groups is 1. The van der Waals surface area contributed by atoms with Crippen LogP contribution in [0.4, 0.5) is 5.69 Å². The lowest BCUT2D eigenvalue weighted by atomic mass is 10.0. The minimum absolute atomic E-state index is 0.000137. The van der Waals surface area contributed by atoms with E-state index in [2.05, 4.69) is 11.9 Å². The van der Waals surface area contributed by atoms with Crippen LogP contribution in [0.15, 0.2) is 54.6 Å². The molecule has 0 saturated carbocycles. The lowest BCUT2D eigenvalue weighted by molar-refractivity contribution is -0.122. The molecular formula is C23H22N2O5S. The second kappa shape index (κ2) is 9.44. The Morgan fingerprint density at radius 2 is 1.97 bits per heavy atom. The van der Waals surface area contributed by atoms with Gasteiger partial charge in [-0.3, -0.25) is 14.9 Å². The highest BCUT2D eigenvalue weighted by Gasteiger charge is 2.35. The number of nitrogens with zero attached hydrogens (tertiary/aromatic N) is 1. The number of hydrogen-bond donors (Lipinski definition) is 2. The number of phenolic OH excluding ortho intramolecular Hbond substituents is 1. The van der Waals surface area contributed by atoms with Crippen LogP contribution < -0.4 is 19.7 Å². The predicted octanol–water partition coefficient (Wildman–Crippen LogP) is 3.36. The normalized spacial score (nSPS) is 15.1. The molecule has 0 atom stereocenters. The molecule has 7 nitrogen and oxygen atoms in total. The third kappa shape index (κ3) is 4.44. The number of hydrogen-bond acceptors (Lipinski definition) is 6. The van der Waals surface area contributed by atoms with Gasteiger partial charge in [-0.25, -0.2) is 4.90 Å². The number of aromatic hydroxyl groups is 1. The van der Waals surface area contributed by atoms with Gasteiger partial charge in [0.25, 0.3) is 11.8 Å². The number of rotatable bonds is 7. The molecule has 31 heavy (non-hydrogen) atoms. The molecule has 0 radical (unpaired) electrons. The number of allylic oxidation sites excluding steroid dienone is 1. The Morgan fingerprint density at radius 3 is 2.65 bits per heavy atom. The van der Waals surface area contributed by atoms with Gasteiger partial charge < -0.3 is 14.6 Å². The molecule has 8 heteroatoms. The summed E-state index contributed by atoms with van der Waals surface area (Å²) in [6.07, 6.45) is 3.47. The van der Waals surface area contributed by atoms with Crippen molar-refractivity contribution in [3.05, 3.63) is 65.8 Å². The van der Waals surface area contributed by atoms with Gasteiger partial charge in [-0.15, -0.1) is 6.58 Å². The Hall–Kier alpha value is -3.65. The highest BCUT2D eigenvalue weighted by atomic mass is 32.1. The van der Waals surface area contributed by atoms with E-state index in [1.807, 2.05) is 0 Å². The molecule has 1 saturated heterocycles. The van der Waals surface area contributed by atoms with Gasteiger partial charge in [0.15, 0.2) is 16.6 Å². The molecule has 2 N–H and O–H groups in total. The lowest BCUT2D eigenvalue weighted by Gasteiger charge is -2.29. The van der Waals surface area contributed by atoms with E-state index in [9.17, 15) is 14.7 Å². The van der Waals surface area contributed by atoms with Crippen molar-refractivity contribution in [2.24, 2.45) is 0 Å². The SMILES string of the molecule is C=CCc1cc(/C=C2\C(=O)NC(=S)N(c3ccccc3OC)C2=O)cc(OCC)c1O. The molecule has 3 rings (SSSR count). The Morgan fingerprint density at radius 1 is 1.23 bits per heavy atom. The first-order valence-electron chi connectivity index (χ1n) is 9.55. The Balaban J connectivity index is 2.09. The number of benzene rings is 2. The Kier molecular flexibility index (Phi) is 6.71. The van der Waals surface area contributed by atoms with Crippen LogP contribution in [-0.2, 0) is 16.0 Å². The van der Waals surface area contributed by atoms with E-state index in [4.69, 9.17) is 21.7 Å². The summed E-state index contributed by atoms with van der Waals surface area (Å²) in [6, 6.07) is 10.1. The molecule has 1 aliphatic rings. The van der Waals surface area contributed by atoms with E-state index in [-0.39, 0.29) is 22.2 Å². The second-order valence-corrected chi connectivity index (χ2v) is 6.97. The van der Waals surface area contributed by atoms with Crippen molar-refractivity contribution < 1.29 is 24.2 Å². The van der Waals surface area contributed by atoms with Crippen LogP contribution >= 0.6 is 12.2 Å². The van der Waals surface area contributed by atoms with Gasteiger partial charge in [0.2, 0.25) is 0 Å². The van der Waals surface area contributed by atoms with Crippen molar-refractivity contribution in [1.82, 2.24) is 5.32 Å². The van der Waals surface area contributed by atoms with Crippen molar-refractivity contribution in [3.63, 3.8) is 0 Å². The summed E-state index contributed by atoms with van der Waals surface area (Å²) < 4.78 is 10.8. The zero-order valence-corrected chi connectivity index (χ0v) is 18.0. The van der Waals surface area contributed by atoms with Gasteiger partial charge in [-0.2, -0.15) is 0 Å². The summed E-state index contributed by atoms with van der Waals surface area (Å²) in [5.74, 6) is -0.508. The highest BCUT2D eigenvalue weighted by molar-refractivity contribution is 7.80. The number of ether oxygens (including phenoxy) is 2. The molecule has 0 bridgehead atoms. The van der Waals surface area contributed by atoms with E-state index in [0.29, 0.717) is 35.6 Å². The topological polar surface area (TPSA) is 88.1 Å². The fourth-order valence-corrected chi connectivity index (χ4v) is 3.48. The maximum absolute atomic E-state index is 13.3. The third-order valence-corrected chi connectivity index (χ3v) is 4.86. The summed E-state index contributed by atoms with van der Waals surface area (Å²) in [5, 5.41) is 12.9. The number of para-hydroxylation sites is 2. The molecule has 0 spiro atoms. The molecule has 0 aromatic heterocycles. The van der Waals surface area contributed by atoms with Gasteiger partial charge in [0.05, 0.1) is 19.4 Å². The first kappa shape index (κ1) is 22.0. The summed E-state index contributed by atoms with van der Waals surface area (Å²) in [7, 11) is 1.48. The molecule has 160 valence electrons. The van der Waals surface area contributed by atoms with Crippen molar-refractivity contribution >= 4 is 40.9 Å². The third-order valence-electron chi connectivity index (χ3n) is 4.58. The van der Waals surface area contributed by atoms with Crippen LogP contribution in [0.5, 0.6) is 17.2 Å². The summed E-state index contributed by atoms with van der Waals surface area (Å²) >= 11 is 5.24. The molecule has 2 aromatic rings. The number of carbonyl (C=O) groups is 2. The number of phenols is 1. The maximum atomic E-state index is 13.3. The molecular weight excluding hydrogens is 416 g/mol. The minimum Gasteiger partial charge on any atom is -0.504 e. The van der Waals surface area contributed by atoms with Gasteiger partial charge in [0, 0.05) is 5.56 Å². The second-order valence-electron chi connectivity index (χ2n) is 6.58. The fraction of sp³-hybridized carbons (Fsp3) is 0.174. The molecule has 0 aliphatic carbocycles. The van der Waals surface area contributed by atoms with E-state index in [0.717, 1.165) is 0 Å². The van der Waals surface area contributed by atoms with Gasteiger partial charge in [-0.05, 0) is 61.5 Å². The number of carbonyl (C=O) groups excluding carboxylic acids is 2. The number of methoxy groups -OCH3 is 1. The first-order chi connectivity index (χ1) is 14.9. The zero-order chi connectivity index (χ0) is 22.5. The maximum Gasteiger partial charge on any atom is 0.270 e. The van der Waals surface area contributed by atoms with E-state index in [1.54, 1.807) is 49.4 Å². The number of amides is 2. The Labute approximate surface area is 185 Å². The monoisotopic (exact) mass is 438 g/mol. The lowest BCUT2D eigenvalue weighted by Crippen LogP contribution is -2.54. The standard InChI is InChI=1S/C23H22N2O5S/c1-4-8-15-11-14(13-19(20(15)26)30-5-2)12-16-21(27)24-23(31)25(22(16)28)17-9-6-7-10-18(17)29-3/h4,6-7,9-13,26H,1,5,8H2,2-3H3,(H,24,27,31)/b16-12+. The van der Waals surface area contributed by atoms with Crippen molar-refractivity contribution in [2.45, 2.75) is 13.3 Å². The van der Waals surface area contributed by atoms with Crippen LogP contribution in [-0.4, -0.2) is 35.8 Å². The molecule has 0 unspecified atom stereocenters. The number of nitrogens with one attached hydrogen (secondary N) is 1. The molecule has 2 aromatic carbocycles. The van der Waals surface area contributed by atoms with Crippen LogP contribution in [0.3, 0.4) is 0 Å². The van der Waals surface area contributed by atoms with E-state index >= 15 is 0 Å². The van der Waals surface area contributed by atoms with E-state index in [1.165, 1.54) is 18.1 Å². The largest absolute Gasteiger partial charge is 0.504 e. The van der Waals surface area contributed by atoms with Gasteiger partial charge in [-0.1, -0.05) is 18.2 Å². The quantitative estimate of drug-likeness (QED) is 0.298. The predicted molar refractivity (Wildman–Crippen MR) is 122 cm³/mol. The molecule has 1 aliphatic heterocycles. The van der Waals surface area contributed by atoms with Crippen LogP contribution in [0.25, 0.3) is 6.08 Å². The van der Waals surface area contributed by atoms with Crippen LogP contribution in [0.1, 0.15) is 18.1 Å². The van der Waals surface area contributed by atoms with Crippen molar-refractivity contribution in [2.75, 3.05) is 18.6 Å². The van der Waals surface area contributed by atoms with Crippen molar-refractivity contribution in [1.29, 1.82) is 0 Å². The number of anilines is 1. The summed E-state index contributed by atoms with van der Waals surface area (Å²) in [4.78, 5) is 27.1. The van der Waals surface area contributed by atoms with Crippen LogP contribution in [0.2, 0.25) is 0 Å². The fourth-order valence-electron chi connectivity index (χ4n) is 3.21. The molecule has 1 fully saturated rings. The summed E-state index contributed by atoms with van der Waals surface area (Å²) in [5.41, 5.74) is 1.38. The van der Waals surface area contributed by atoms with Gasteiger partial charge >= 0.3 is 0 Å². The molecule has 2 amide bonds. The Bertz CT molecular complexity index is 1090. The smallest absolute Gasteiger partial charge is 0.270 e. The van der Waals surface area contributed by atoms with Crippen molar-refractivity contribution in [3.8, 4) is 17.2 Å². The molecule has 1 heterocycles. The first-order valence-corrected chi connectivity index (χ1v) is 9.96. The zero-order valence-electron chi connectivity index (χ0n) is 17.2. The summed E-state index contributed by atoms with van der Waals surface area (Å²) in [6.45, 7) is 5.83. The minimum atomic E-state index is -0.613. The highest BCUT2D eigenvalue weighted by Crippen LogP contribution is 2.34. The van der Waals surface area contributed by atoms with Gasteiger partial charge in [0.1, 0.15) is 11.3 Å². The average molecular weight is 439 g/mol.